The fourth-order valence-corrected chi connectivity index (χ4v) is 4.00. The molecule has 6 heteroatoms. The SMILES string of the molecule is CNC1CCC(NCc2cc(-c3ccc(C(=O)N(C)C)cc3)ccc2OC)CC1.Cl. The van der Waals surface area contributed by atoms with Gasteiger partial charge in [-0.15, -0.1) is 12.4 Å². The Bertz CT molecular complexity index is 816. The van der Waals surface area contributed by atoms with Crippen LogP contribution in [0.5, 0.6) is 5.75 Å². The van der Waals surface area contributed by atoms with Crippen molar-refractivity contribution in [2.45, 2.75) is 44.3 Å². The summed E-state index contributed by atoms with van der Waals surface area (Å²) in [6.07, 6.45) is 4.86. The van der Waals surface area contributed by atoms with Gasteiger partial charge in [-0.3, -0.25) is 4.79 Å². The zero-order valence-electron chi connectivity index (χ0n) is 18.4. The number of ether oxygens (including phenoxy) is 1. The van der Waals surface area contributed by atoms with Gasteiger partial charge in [-0.05, 0) is 68.1 Å². The first-order valence-corrected chi connectivity index (χ1v) is 10.4. The van der Waals surface area contributed by atoms with Gasteiger partial charge in [-0.1, -0.05) is 18.2 Å². The van der Waals surface area contributed by atoms with E-state index in [1.807, 2.05) is 30.3 Å². The van der Waals surface area contributed by atoms with Crippen LogP contribution in [0.3, 0.4) is 0 Å². The van der Waals surface area contributed by atoms with Crippen molar-refractivity contribution >= 4 is 18.3 Å². The summed E-state index contributed by atoms with van der Waals surface area (Å²) in [5.74, 6) is 0.925. The van der Waals surface area contributed by atoms with Crippen molar-refractivity contribution in [1.82, 2.24) is 15.5 Å². The Balaban J connectivity index is 0.00000320. The number of nitrogens with one attached hydrogen (secondary N) is 2. The molecule has 2 aromatic carbocycles. The third-order valence-corrected chi connectivity index (χ3v) is 5.87. The molecule has 0 radical (unpaired) electrons. The van der Waals surface area contributed by atoms with E-state index in [1.54, 1.807) is 26.1 Å². The van der Waals surface area contributed by atoms with E-state index in [9.17, 15) is 4.79 Å². The summed E-state index contributed by atoms with van der Waals surface area (Å²) in [4.78, 5) is 13.7. The summed E-state index contributed by atoms with van der Waals surface area (Å²) in [6.45, 7) is 0.795. The average molecular weight is 432 g/mol. The normalized spacial score (nSPS) is 18.4. The average Bonchev–Trinajstić information content (AvgIpc) is 2.77. The van der Waals surface area contributed by atoms with Gasteiger partial charge in [0.1, 0.15) is 5.75 Å². The third kappa shape index (κ3) is 5.97. The largest absolute Gasteiger partial charge is 0.496 e. The topological polar surface area (TPSA) is 53.6 Å². The van der Waals surface area contributed by atoms with Crippen molar-refractivity contribution in [3.05, 3.63) is 53.6 Å². The second kappa shape index (κ2) is 11.3. The number of hydrogen-bond acceptors (Lipinski definition) is 4. The van der Waals surface area contributed by atoms with E-state index in [4.69, 9.17) is 4.74 Å². The zero-order valence-corrected chi connectivity index (χ0v) is 19.2. The lowest BCUT2D eigenvalue weighted by molar-refractivity contribution is 0.0827. The van der Waals surface area contributed by atoms with E-state index in [1.165, 1.54) is 25.7 Å². The monoisotopic (exact) mass is 431 g/mol. The highest BCUT2D eigenvalue weighted by atomic mass is 35.5. The summed E-state index contributed by atoms with van der Waals surface area (Å²) in [6, 6.07) is 15.3. The second-order valence-corrected chi connectivity index (χ2v) is 8.02. The molecule has 2 N–H and O–H groups in total. The Morgan fingerprint density at radius 2 is 1.60 bits per heavy atom. The van der Waals surface area contributed by atoms with Gasteiger partial charge in [-0.25, -0.2) is 0 Å². The standard InChI is InChI=1S/C24H33N3O2.ClH/c1-25-21-10-12-22(13-11-21)26-16-20-15-19(9-14-23(20)29-4)17-5-7-18(8-6-17)24(28)27(2)3;/h5-9,14-15,21-22,25-26H,10-13,16H2,1-4H3;1H. The van der Waals surface area contributed by atoms with Crippen molar-refractivity contribution in [3.8, 4) is 16.9 Å². The number of rotatable bonds is 7. The van der Waals surface area contributed by atoms with Crippen LogP contribution in [0.2, 0.25) is 0 Å². The summed E-state index contributed by atoms with van der Waals surface area (Å²) in [5.41, 5.74) is 4.09. The van der Waals surface area contributed by atoms with Crippen LogP contribution in [0, 0.1) is 0 Å². The van der Waals surface area contributed by atoms with Gasteiger partial charge < -0.3 is 20.3 Å². The fraction of sp³-hybridized carbons (Fsp3) is 0.458. The van der Waals surface area contributed by atoms with Crippen molar-refractivity contribution < 1.29 is 9.53 Å². The lowest BCUT2D eigenvalue weighted by atomic mass is 9.91. The van der Waals surface area contributed by atoms with Crippen molar-refractivity contribution in [2.24, 2.45) is 0 Å². The first-order valence-electron chi connectivity index (χ1n) is 10.4. The minimum absolute atomic E-state index is 0. The zero-order chi connectivity index (χ0) is 20.8. The van der Waals surface area contributed by atoms with Gasteiger partial charge in [0.05, 0.1) is 7.11 Å². The van der Waals surface area contributed by atoms with Gasteiger partial charge in [0, 0.05) is 43.9 Å². The molecule has 0 saturated heterocycles. The number of nitrogens with zero attached hydrogens (tertiary/aromatic N) is 1. The Hall–Kier alpha value is -2.08. The first kappa shape index (κ1) is 24.2. The highest BCUT2D eigenvalue weighted by Gasteiger charge is 2.20. The molecule has 0 aliphatic heterocycles. The molecule has 1 aliphatic rings. The molecule has 30 heavy (non-hydrogen) atoms. The predicted molar refractivity (Wildman–Crippen MR) is 126 cm³/mol. The molecule has 0 unspecified atom stereocenters. The summed E-state index contributed by atoms with van der Waals surface area (Å²) in [5, 5.41) is 7.10. The molecule has 0 heterocycles. The molecule has 1 saturated carbocycles. The third-order valence-electron chi connectivity index (χ3n) is 5.87. The van der Waals surface area contributed by atoms with Crippen LogP contribution in [0.25, 0.3) is 11.1 Å². The van der Waals surface area contributed by atoms with E-state index in [0.29, 0.717) is 17.6 Å². The highest BCUT2D eigenvalue weighted by molar-refractivity contribution is 5.94. The predicted octanol–water partition coefficient (Wildman–Crippen LogP) is 4.11. The number of carbonyl (C=O) groups excluding carboxylic acids is 1. The highest BCUT2D eigenvalue weighted by Crippen LogP contribution is 2.28. The first-order chi connectivity index (χ1) is 14.0. The smallest absolute Gasteiger partial charge is 0.253 e. The van der Waals surface area contributed by atoms with Gasteiger partial charge in [0.2, 0.25) is 0 Å². The van der Waals surface area contributed by atoms with Crippen LogP contribution in [0.1, 0.15) is 41.6 Å². The Morgan fingerprint density at radius 3 is 2.17 bits per heavy atom. The van der Waals surface area contributed by atoms with Crippen LogP contribution >= 0.6 is 12.4 Å². The Kier molecular flexibility index (Phi) is 9.15. The molecule has 2 aromatic rings. The van der Waals surface area contributed by atoms with Crippen LogP contribution in [0.4, 0.5) is 0 Å². The quantitative estimate of drug-likeness (QED) is 0.692. The minimum atomic E-state index is 0. The van der Waals surface area contributed by atoms with Crippen LogP contribution in [0.15, 0.2) is 42.5 Å². The number of carbonyl (C=O) groups is 1. The van der Waals surface area contributed by atoms with Crippen LogP contribution < -0.4 is 15.4 Å². The molecule has 1 aliphatic carbocycles. The number of amides is 1. The maximum absolute atomic E-state index is 12.1. The molecule has 3 rings (SSSR count). The maximum atomic E-state index is 12.1. The molecule has 164 valence electrons. The van der Waals surface area contributed by atoms with Crippen molar-refractivity contribution in [2.75, 3.05) is 28.3 Å². The van der Waals surface area contributed by atoms with Crippen molar-refractivity contribution in [1.29, 1.82) is 0 Å². The molecule has 1 amide bonds. The maximum Gasteiger partial charge on any atom is 0.253 e. The fourth-order valence-electron chi connectivity index (χ4n) is 4.00. The lowest BCUT2D eigenvalue weighted by Gasteiger charge is -2.29. The van der Waals surface area contributed by atoms with E-state index in [-0.39, 0.29) is 18.3 Å². The minimum Gasteiger partial charge on any atom is -0.496 e. The molecule has 0 bridgehead atoms. The van der Waals surface area contributed by atoms with Gasteiger partial charge in [0.25, 0.3) is 5.91 Å². The van der Waals surface area contributed by atoms with E-state index in [2.05, 4.69) is 29.8 Å². The molecule has 0 spiro atoms. The van der Waals surface area contributed by atoms with Crippen LogP contribution in [-0.4, -0.2) is 51.1 Å². The van der Waals surface area contributed by atoms with Gasteiger partial charge in [0.15, 0.2) is 0 Å². The number of hydrogen-bond donors (Lipinski definition) is 2. The summed E-state index contributed by atoms with van der Waals surface area (Å²) < 4.78 is 5.59. The number of methoxy groups -OCH3 is 1. The Labute approximate surface area is 186 Å². The van der Waals surface area contributed by atoms with Gasteiger partial charge >= 0.3 is 0 Å². The van der Waals surface area contributed by atoms with Gasteiger partial charge in [-0.2, -0.15) is 0 Å². The summed E-state index contributed by atoms with van der Waals surface area (Å²) >= 11 is 0. The summed E-state index contributed by atoms with van der Waals surface area (Å²) in [7, 11) is 7.31. The van der Waals surface area contributed by atoms with Crippen molar-refractivity contribution in [3.63, 3.8) is 0 Å². The molecule has 1 fully saturated rings. The number of benzene rings is 2. The van der Waals surface area contributed by atoms with E-state index >= 15 is 0 Å². The van der Waals surface area contributed by atoms with E-state index < -0.39 is 0 Å². The molecule has 0 aromatic heterocycles. The molecule has 0 atom stereocenters. The number of halogens is 1. The van der Waals surface area contributed by atoms with E-state index in [0.717, 1.165) is 29.0 Å². The second-order valence-electron chi connectivity index (χ2n) is 8.02. The molecular formula is C24H34ClN3O2. The lowest BCUT2D eigenvalue weighted by Crippen LogP contribution is -2.38. The van der Waals surface area contributed by atoms with Crippen LogP contribution in [-0.2, 0) is 6.54 Å². The Morgan fingerprint density at radius 1 is 1.00 bits per heavy atom. The molecule has 5 nitrogen and oxygen atoms in total. The molecular weight excluding hydrogens is 398 g/mol.